The summed E-state index contributed by atoms with van der Waals surface area (Å²) in [6.45, 7) is 7.12. The minimum absolute atomic E-state index is 0.0786. The predicted molar refractivity (Wildman–Crippen MR) is 84.2 cm³/mol. The van der Waals surface area contributed by atoms with Gasteiger partial charge in [-0.2, -0.15) is 0 Å². The van der Waals surface area contributed by atoms with Gasteiger partial charge in [-0.1, -0.05) is 13.3 Å². The molecule has 1 aliphatic carbocycles. The Morgan fingerprint density at radius 1 is 1.14 bits per heavy atom. The molecule has 0 aromatic heterocycles. The van der Waals surface area contributed by atoms with Gasteiger partial charge in [0.05, 0.1) is 6.10 Å². The normalized spacial score (nSPS) is 27.7. The van der Waals surface area contributed by atoms with Gasteiger partial charge in [-0.15, -0.1) is 0 Å². The van der Waals surface area contributed by atoms with E-state index in [1.165, 1.54) is 25.8 Å². The van der Waals surface area contributed by atoms with Gasteiger partial charge in [-0.3, -0.25) is 0 Å². The molecule has 2 amide bonds. The van der Waals surface area contributed by atoms with Gasteiger partial charge < -0.3 is 20.6 Å². The Hall–Kier alpha value is -0.810. The zero-order valence-electron chi connectivity index (χ0n) is 13.3. The lowest BCUT2D eigenvalue weighted by molar-refractivity contribution is 0.132. The monoisotopic (exact) mass is 297 g/mol. The largest absolute Gasteiger partial charge is 0.393 e. The van der Waals surface area contributed by atoms with Crippen LogP contribution in [0.5, 0.6) is 0 Å². The van der Waals surface area contributed by atoms with Crippen molar-refractivity contribution in [1.29, 1.82) is 0 Å². The molecule has 0 aromatic carbocycles. The SMILES string of the molecule is CCCN1CCC(CNC(=O)NC[C@@H]2CCC[C@H]2O)CC1. The van der Waals surface area contributed by atoms with Crippen LogP contribution >= 0.6 is 0 Å². The third kappa shape index (κ3) is 5.47. The van der Waals surface area contributed by atoms with Crippen LogP contribution in [-0.4, -0.2) is 54.9 Å². The number of hydrogen-bond donors (Lipinski definition) is 3. The topological polar surface area (TPSA) is 64.6 Å². The van der Waals surface area contributed by atoms with E-state index in [-0.39, 0.29) is 18.1 Å². The van der Waals surface area contributed by atoms with Gasteiger partial charge in [-0.25, -0.2) is 4.79 Å². The number of aliphatic hydroxyl groups excluding tert-OH is 1. The van der Waals surface area contributed by atoms with Crippen LogP contribution < -0.4 is 10.6 Å². The summed E-state index contributed by atoms with van der Waals surface area (Å²) in [5, 5.41) is 15.6. The summed E-state index contributed by atoms with van der Waals surface area (Å²) in [5.74, 6) is 0.856. The second kappa shape index (κ2) is 8.59. The van der Waals surface area contributed by atoms with E-state index in [2.05, 4.69) is 22.5 Å². The summed E-state index contributed by atoms with van der Waals surface area (Å²) in [5.41, 5.74) is 0. The molecule has 1 heterocycles. The number of amides is 2. The van der Waals surface area contributed by atoms with Gasteiger partial charge in [-0.05, 0) is 57.7 Å². The smallest absolute Gasteiger partial charge is 0.314 e. The van der Waals surface area contributed by atoms with Gasteiger partial charge in [0.2, 0.25) is 0 Å². The summed E-state index contributed by atoms with van der Waals surface area (Å²) in [4.78, 5) is 14.3. The zero-order valence-corrected chi connectivity index (χ0v) is 13.3. The highest BCUT2D eigenvalue weighted by atomic mass is 16.3. The lowest BCUT2D eigenvalue weighted by Gasteiger charge is -2.31. The standard InChI is InChI=1S/C16H31N3O2/c1-2-8-19-9-6-13(7-10-19)11-17-16(21)18-12-14-4-3-5-15(14)20/h13-15,20H,2-12H2,1H3,(H2,17,18,21)/t14-,15+/m0/s1. The average Bonchev–Trinajstić information content (AvgIpc) is 2.90. The minimum Gasteiger partial charge on any atom is -0.393 e. The molecule has 2 fully saturated rings. The molecule has 0 unspecified atom stereocenters. The highest BCUT2D eigenvalue weighted by Gasteiger charge is 2.25. The Balaban J connectivity index is 1.55. The van der Waals surface area contributed by atoms with Gasteiger partial charge in [0, 0.05) is 19.0 Å². The van der Waals surface area contributed by atoms with E-state index in [0.717, 1.165) is 38.9 Å². The molecule has 21 heavy (non-hydrogen) atoms. The molecule has 2 atom stereocenters. The van der Waals surface area contributed by atoms with Crippen molar-refractivity contribution in [3.8, 4) is 0 Å². The molecule has 0 bridgehead atoms. The lowest BCUT2D eigenvalue weighted by atomic mass is 9.97. The van der Waals surface area contributed by atoms with Crippen molar-refractivity contribution in [3.63, 3.8) is 0 Å². The van der Waals surface area contributed by atoms with Crippen LogP contribution in [0.3, 0.4) is 0 Å². The highest BCUT2D eigenvalue weighted by Crippen LogP contribution is 2.24. The van der Waals surface area contributed by atoms with E-state index in [4.69, 9.17) is 0 Å². The Bertz CT molecular complexity index is 317. The van der Waals surface area contributed by atoms with E-state index in [0.29, 0.717) is 12.5 Å². The number of piperidine rings is 1. The molecule has 1 aliphatic heterocycles. The van der Waals surface area contributed by atoms with Crippen molar-refractivity contribution in [2.75, 3.05) is 32.7 Å². The first-order valence-electron chi connectivity index (χ1n) is 8.61. The molecule has 1 saturated carbocycles. The van der Waals surface area contributed by atoms with Gasteiger partial charge in [0.1, 0.15) is 0 Å². The summed E-state index contributed by atoms with van der Waals surface area (Å²) < 4.78 is 0. The molecular weight excluding hydrogens is 266 g/mol. The van der Waals surface area contributed by atoms with Crippen molar-refractivity contribution < 1.29 is 9.90 Å². The quantitative estimate of drug-likeness (QED) is 0.697. The number of rotatable bonds is 6. The van der Waals surface area contributed by atoms with Crippen LogP contribution in [0.2, 0.25) is 0 Å². The van der Waals surface area contributed by atoms with Crippen LogP contribution in [0, 0.1) is 11.8 Å². The molecule has 0 spiro atoms. The molecule has 3 N–H and O–H groups in total. The fourth-order valence-corrected chi connectivity index (χ4v) is 3.51. The second-order valence-corrected chi connectivity index (χ2v) is 6.63. The molecule has 1 saturated heterocycles. The predicted octanol–water partition coefficient (Wildman–Crippen LogP) is 1.57. The van der Waals surface area contributed by atoms with Crippen molar-refractivity contribution >= 4 is 6.03 Å². The zero-order chi connectivity index (χ0) is 15.1. The highest BCUT2D eigenvalue weighted by molar-refractivity contribution is 5.73. The van der Waals surface area contributed by atoms with Crippen LogP contribution in [0.1, 0.15) is 45.4 Å². The first-order chi connectivity index (χ1) is 10.2. The van der Waals surface area contributed by atoms with Crippen molar-refractivity contribution in [2.24, 2.45) is 11.8 Å². The number of carbonyl (C=O) groups is 1. The maximum atomic E-state index is 11.8. The number of nitrogens with one attached hydrogen (secondary N) is 2. The molecule has 5 heteroatoms. The number of nitrogens with zero attached hydrogens (tertiary/aromatic N) is 1. The molecule has 2 rings (SSSR count). The van der Waals surface area contributed by atoms with E-state index in [1.807, 2.05) is 0 Å². The van der Waals surface area contributed by atoms with Crippen LogP contribution in [0.25, 0.3) is 0 Å². The number of likely N-dealkylation sites (tertiary alicyclic amines) is 1. The molecule has 0 radical (unpaired) electrons. The minimum atomic E-state index is -0.229. The molecule has 2 aliphatic rings. The van der Waals surface area contributed by atoms with E-state index >= 15 is 0 Å². The Morgan fingerprint density at radius 2 is 1.86 bits per heavy atom. The fraction of sp³-hybridized carbons (Fsp3) is 0.938. The first kappa shape index (κ1) is 16.6. The maximum Gasteiger partial charge on any atom is 0.314 e. The van der Waals surface area contributed by atoms with Crippen LogP contribution in [-0.2, 0) is 0 Å². The summed E-state index contributed by atoms with van der Waals surface area (Å²) >= 11 is 0. The van der Waals surface area contributed by atoms with E-state index in [1.54, 1.807) is 0 Å². The van der Waals surface area contributed by atoms with Crippen LogP contribution in [0.4, 0.5) is 4.79 Å². The van der Waals surface area contributed by atoms with Crippen LogP contribution in [0.15, 0.2) is 0 Å². The molecule has 0 aromatic rings. The summed E-state index contributed by atoms with van der Waals surface area (Å²) in [6, 6.07) is -0.0786. The van der Waals surface area contributed by atoms with Gasteiger partial charge in [0.15, 0.2) is 0 Å². The van der Waals surface area contributed by atoms with Crippen molar-refractivity contribution in [1.82, 2.24) is 15.5 Å². The maximum absolute atomic E-state index is 11.8. The van der Waals surface area contributed by atoms with Crippen molar-refractivity contribution in [3.05, 3.63) is 0 Å². The number of urea groups is 1. The second-order valence-electron chi connectivity index (χ2n) is 6.63. The van der Waals surface area contributed by atoms with Gasteiger partial charge >= 0.3 is 6.03 Å². The number of aliphatic hydroxyl groups is 1. The van der Waals surface area contributed by atoms with E-state index in [9.17, 15) is 9.90 Å². The fourth-order valence-electron chi connectivity index (χ4n) is 3.51. The summed E-state index contributed by atoms with van der Waals surface area (Å²) in [6.07, 6.45) is 6.34. The lowest BCUT2D eigenvalue weighted by Crippen LogP contribution is -2.43. The third-order valence-corrected chi connectivity index (χ3v) is 4.94. The van der Waals surface area contributed by atoms with E-state index < -0.39 is 0 Å². The molecule has 5 nitrogen and oxygen atoms in total. The van der Waals surface area contributed by atoms with Crippen molar-refractivity contribution in [2.45, 2.75) is 51.6 Å². The number of hydrogen-bond acceptors (Lipinski definition) is 3. The van der Waals surface area contributed by atoms with Gasteiger partial charge in [0.25, 0.3) is 0 Å². The number of carbonyl (C=O) groups excluding carboxylic acids is 1. The Labute approximate surface area is 128 Å². The third-order valence-electron chi connectivity index (χ3n) is 4.94. The Morgan fingerprint density at radius 3 is 2.48 bits per heavy atom. The average molecular weight is 297 g/mol. The summed E-state index contributed by atoms with van der Waals surface area (Å²) in [7, 11) is 0. The molecule has 122 valence electrons. The molecular formula is C16H31N3O2. The Kier molecular flexibility index (Phi) is 6.77. The first-order valence-corrected chi connectivity index (χ1v) is 8.61.